The number of rotatable bonds is 6. The summed E-state index contributed by atoms with van der Waals surface area (Å²) in [7, 11) is 0. The number of hydrogen-bond donors (Lipinski definition) is 1. The molecule has 0 radical (unpaired) electrons. The Morgan fingerprint density at radius 1 is 1.21 bits per heavy atom. The van der Waals surface area contributed by atoms with Crippen molar-refractivity contribution < 1.29 is 27.9 Å². The summed E-state index contributed by atoms with van der Waals surface area (Å²) in [6.07, 6.45) is 1.52. The summed E-state index contributed by atoms with van der Waals surface area (Å²) in [5.74, 6) is -2.61. The lowest BCUT2D eigenvalue weighted by Crippen LogP contribution is -2.36. The van der Waals surface area contributed by atoms with E-state index < -0.39 is 35.2 Å². The van der Waals surface area contributed by atoms with Crippen molar-refractivity contribution in [3.8, 4) is 5.75 Å². The molecule has 29 heavy (non-hydrogen) atoms. The van der Waals surface area contributed by atoms with Crippen LogP contribution in [0.3, 0.4) is 0 Å². The van der Waals surface area contributed by atoms with Crippen LogP contribution in [-0.2, 0) is 9.59 Å². The number of amides is 3. The molecule has 1 N–H and O–H groups in total. The zero-order chi connectivity index (χ0) is 21.0. The first-order valence-corrected chi connectivity index (χ1v) is 9.42. The van der Waals surface area contributed by atoms with Gasteiger partial charge in [-0.15, -0.1) is 0 Å². The normalized spacial score (nSPS) is 15.1. The minimum absolute atomic E-state index is 0.142. The quantitative estimate of drug-likeness (QED) is 0.717. The summed E-state index contributed by atoms with van der Waals surface area (Å²) < 4.78 is 32.1. The molecule has 2 aromatic rings. The van der Waals surface area contributed by atoms with Gasteiger partial charge in [-0.25, -0.2) is 8.78 Å². The number of hydrogen-bond acceptors (Lipinski definition) is 5. The highest BCUT2D eigenvalue weighted by Gasteiger charge is 2.36. The molecule has 3 amide bonds. The minimum atomic E-state index is -0.958. The highest BCUT2D eigenvalue weighted by molar-refractivity contribution is 8.18. The van der Waals surface area contributed by atoms with Crippen molar-refractivity contribution in [1.29, 1.82) is 0 Å². The van der Waals surface area contributed by atoms with Crippen molar-refractivity contribution in [1.82, 2.24) is 4.90 Å². The van der Waals surface area contributed by atoms with Crippen molar-refractivity contribution >= 4 is 40.6 Å². The van der Waals surface area contributed by atoms with Crippen LogP contribution >= 0.6 is 11.8 Å². The number of nitrogens with zero attached hydrogens (tertiary/aromatic N) is 1. The van der Waals surface area contributed by atoms with Crippen LogP contribution in [0.4, 0.5) is 19.3 Å². The van der Waals surface area contributed by atoms with E-state index in [4.69, 9.17) is 4.74 Å². The van der Waals surface area contributed by atoms with E-state index >= 15 is 0 Å². The van der Waals surface area contributed by atoms with Gasteiger partial charge in [0.15, 0.2) is 0 Å². The lowest BCUT2D eigenvalue weighted by Gasteiger charge is -2.13. The van der Waals surface area contributed by atoms with Gasteiger partial charge in [0.25, 0.3) is 11.1 Å². The third kappa shape index (κ3) is 4.80. The van der Waals surface area contributed by atoms with E-state index in [0.717, 1.165) is 17.0 Å². The van der Waals surface area contributed by atoms with Gasteiger partial charge in [0.1, 0.15) is 23.9 Å². The minimum Gasteiger partial charge on any atom is -0.493 e. The SMILES string of the molecule is CCOc1ccccc1C=C1SC(=O)N(CC(=O)Nc2ccc(F)cc2F)C1=O. The molecule has 0 bridgehead atoms. The number of benzene rings is 2. The first kappa shape index (κ1) is 20.5. The van der Waals surface area contributed by atoms with Crippen molar-refractivity contribution in [2.75, 3.05) is 18.5 Å². The summed E-state index contributed by atoms with van der Waals surface area (Å²) in [4.78, 5) is 37.8. The maximum atomic E-state index is 13.7. The molecule has 0 saturated carbocycles. The summed E-state index contributed by atoms with van der Waals surface area (Å²) in [5.41, 5.74) is 0.377. The van der Waals surface area contributed by atoms with Crippen LogP contribution in [0.25, 0.3) is 6.08 Å². The van der Waals surface area contributed by atoms with Gasteiger partial charge in [0.2, 0.25) is 5.91 Å². The number of carbonyl (C=O) groups excluding carboxylic acids is 3. The fraction of sp³-hybridized carbons (Fsp3) is 0.150. The van der Waals surface area contributed by atoms with E-state index in [9.17, 15) is 23.2 Å². The lowest BCUT2D eigenvalue weighted by atomic mass is 10.2. The Hall–Kier alpha value is -3.20. The van der Waals surface area contributed by atoms with Gasteiger partial charge in [0, 0.05) is 11.6 Å². The number of nitrogens with one attached hydrogen (secondary N) is 1. The third-order valence-corrected chi connectivity index (χ3v) is 4.79. The average Bonchev–Trinajstić information content (AvgIpc) is 2.93. The van der Waals surface area contributed by atoms with E-state index in [1.54, 1.807) is 24.3 Å². The smallest absolute Gasteiger partial charge is 0.294 e. The highest BCUT2D eigenvalue weighted by Crippen LogP contribution is 2.34. The van der Waals surface area contributed by atoms with E-state index in [1.165, 1.54) is 6.08 Å². The molecule has 3 rings (SSSR count). The molecular formula is C20H16F2N2O4S. The number of anilines is 1. The molecule has 6 nitrogen and oxygen atoms in total. The molecule has 0 atom stereocenters. The van der Waals surface area contributed by atoms with Crippen molar-refractivity contribution in [2.45, 2.75) is 6.92 Å². The second kappa shape index (κ2) is 8.87. The van der Waals surface area contributed by atoms with E-state index in [-0.39, 0.29) is 10.6 Å². The maximum Gasteiger partial charge on any atom is 0.294 e. The number of halogens is 2. The first-order chi connectivity index (χ1) is 13.9. The summed E-state index contributed by atoms with van der Waals surface area (Å²) in [6.45, 7) is 1.67. The van der Waals surface area contributed by atoms with Gasteiger partial charge < -0.3 is 10.1 Å². The molecule has 2 aromatic carbocycles. The van der Waals surface area contributed by atoms with Gasteiger partial charge in [-0.2, -0.15) is 0 Å². The standard InChI is InChI=1S/C20H16F2N2O4S/c1-2-28-16-6-4-3-5-12(16)9-17-19(26)24(20(27)29-17)11-18(25)23-15-8-7-13(21)10-14(15)22/h3-10H,2,11H2,1H3,(H,23,25). The number of carbonyl (C=O) groups is 3. The van der Waals surface area contributed by atoms with E-state index in [2.05, 4.69) is 5.32 Å². The second-order valence-corrected chi connectivity index (χ2v) is 6.90. The molecule has 1 saturated heterocycles. The van der Waals surface area contributed by atoms with Gasteiger partial charge in [-0.05, 0) is 43.0 Å². The van der Waals surface area contributed by atoms with Crippen LogP contribution < -0.4 is 10.1 Å². The predicted octanol–water partition coefficient (Wildman–Crippen LogP) is 4.04. The molecular weight excluding hydrogens is 402 g/mol. The average molecular weight is 418 g/mol. The molecule has 1 aliphatic rings. The van der Waals surface area contributed by atoms with Crippen LogP contribution in [-0.4, -0.2) is 35.1 Å². The Balaban J connectivity index is 1.73. The Labute approximate surface area is 169 Å². The zero-order valence-corrected chi connectivity index (χ0v) is 16.1. The Morgan fingerprint density at radius 3 is 2.69 bits per heavy atom. The van der Waals surface area contributed by atoms with Crippen LogP contribution in [0.15, 0.2) is 47.4 Å². The zero-order valence-electron chi connectivity index (χ0n) is 15.3. The van der Waals surface area contributed by atoms with E-state index in [1.807, 2.05) is 6.92 Å². The Kier molecular flexibility index (Phi) is 6.28. The lowest BCUT2D eigenvalue weighted by molar-refractivity contribution is -0.127. The molecule has 0 unspecified atom stereocenters. The maximum absolute atomic E-state index is 13.7. The Morgan fingerprint density at radius 2 is 1.97 bits per heavy atom. The van der Waals surface area contributed by atoms with Gasteiger partial charge >= 0.3 is 0 Å². The fourth-order valence-corrected chi connectivity index (χ4v) is 3.42. The monoisotopic (exact) mass is 418 g/mol. The topological polar surface area (TPSA) is 75.7 Å². The molecule has 0 spiro atoms. The van der Waals surface area contributed by atoms with Crippen molar-refractivity contribution in [3.05, 3.63) is 64.6 Å². The molecule has 1 aliphatic heterocycles. The third-order valence-electron chi connectivity index (χ3n) is 3.89. The van der Waals surface area contributed by atoms with Crippen LogP contribution in [0.2, 0.25) is 0 Å². The number of imide groups is 1. The summed E-state index contributed by atoms with van der Waals surface area (Å²) >= 11 is 0.696. The van der Waals surface area contributed by atoms with Gasteiger partial charge in [0.05, 0.1) is 17.2 Å². The summed E-state index contributed by atoms with van der Waals surface area (Å²) in [5, 5.41) is 1.60. The highest BCUT2D eigenvalue weighted by atomic mass is 32.2. The number of para-hydroxylation sites is 1. The Bertz CT molecular complexity index is 1010. The summed E-state index contributed by atoms with van der Waals surface area (Å²) in [6, 6.07) is 9.69. The van der Waals surface area contributed by atoms with Crippen LogP contribution in [0.1, 0.15) is 12.5 Å². The van der Waals surface area contributed by atoms with Crippen molar-refractivity contribution in [3.63, 3.8) is 0 Å². The molecule has 1 heterocycles. The predicted molar refractivity (Wildman–Crippen MR) is 105 cm³/mol. The van der Waals surface area contributed by atoms with Gasteiger partial charge in [-0.1, -0.05) is 18.2 Å². The molecule has 1 fully saturated rings. The first-order valence-electron chi connectivity index (χ1n) is 8.61. The second-order valence-electron chi connectivity index (χ2n) is 5.91. The van der Waals surface area contributed by atoms with E-state index in [0.29, 0.717) is 35.7 Å². The molecule has 0 aromatic heterocycles. The molecule has 0 aliphatic carbocycles. The van der Waals surface area contributed by atoms with Crippen molar-refractivity contribution in [2.24, 2.45) is 0 Å². The number of thioether (sulfide) groups is 1. The fourth-order valence-electron chi connectivity index (χ4n) is 2.59. The largest absolute Gasteiger partial charge is 0.493 e. The van der Waals surface area contributed by atoms with Crippen LogP contribution in [0.5, 0.6) is 5.75 Å². The molecule has 9 heteroatoms. The van der Waals surface area contributed by atoms with Crippen LogP contribution in [0, 0.1) is 11.6 Å². The number of ether oxygens (including phenoxy) is 1. The van der Waals surface area contributed by atoms with Gasteiger partial charge in [-0.3, -0.25) is 19.3 Å². The molecule has 150 valence electrons.